The van der Waals surface area contributed by atoms with Gasteiger partial charge in [-0.15, -0.1) is 0 Å². The first-order valence-corrected chi connectivity index (χ1v) is 23.0. The van der Waals surface area contributed by atoms with E-state index >= 15 is 0 Å². The Labute approximate surface area is 413 Å². The lowest BCUT2D eigenvalue weighted by atomic mass is 9.97. The minimum Gasteiger partial charge on any atom is -0.308 e. The number of hydrogen-bond acceptors (Lipinski definition) is 6. The number of benzene rings is 9. The molecule has 9 nitrogen and oxygen atoms in total. The van der Waals surface area contributed by atoms with Gasteiger partial charge in [-0.25, -0.2) is 14.8 Å². The summed E-state index contributed by atoms with van der Waals surface area (Å²) >= 11 is 0. The van der Waals surface area contributed by atoms with Gasteiger partial charge in [-0.2, -0.15) is 21.0 Å². The summed E-state index contributed by atoms with van der Waals surface area (Å²) in [5, 5.41) is 43.5. The van der Waals surface area contributed by atoms with Crippen LogP contribution in [0, 0.1) is 51.9 Å². The lowest BCUT2D eigenvalue weighted by Crippen LogP contribution is -2.05. The first kappa shape index (κ1) is 42.5. The molecular formula is C63H33N9. The zero-order valence-electron chi connectivity index (χ0n) is 38.1. The monoisotopic (exact) mass is 915 g/mol. The lowest BCUT2D eigenvalue weighted by molar-refractivity contribution is 1.09. The molecule has 0 N–H and O–H groups in total. The summed E-state index contributed by atoms with van der Waals surface area (Å²) in [4.78, 5) is 14.7. The third kappa shape index (κ3) is 6.98. The Morgan fingerprint density at radius 1 is 0.375 bits per heavy atom. The molecule has 0 unspecified atom stereocenters. The lowest BCUT2D eigenvalue weighted by Gasteiger charge is -2.20. The number of rotatable bonds is 7. The topological polar surface area (TPSA) is 135 Å². The van der Waals surface area contributed by atoms with E-state index in [-0.39, 0.29) is 0 Å². The van der Waals surface area contributed by atoms with Crippen molar-refractivity contribution in [1.29, 1.82) is 21.0 Å². The predicted octanol–water partition coefficient (Wildman–Crippen LogP) is 15.0. The van der Waals surface area contributed by atoms with Crippen molar-refractivity contribution >= 4 is 49.3 Å². The van der Waals surface area contributed by atoms with Crippen LogP contribution in [-0.4, -0.2) is 19.1 Å². The van der Waals surface area contributed by atoms with E-state index in [1.807, 2.05) is 127 Å². The maximum Gasteiger partial charge on any atom is 0.200 e. The van der Waals surface area contributed by atoms with Crippen LogP contribution in [0.3, 0.4) is 0 Å². The second-order valence-electron chi connectivity index (χ2n) is 17.3. The quantitative estimate of drug-likeness (QED) is 0.146. The van der Waals surface area contributed by atoms with Crippen LogP contribution >= 0.6 is 0 Å². The van der Waals surface area contributed by atoms with Crippen LogP contribution in [-0.2, 0) is 0 Å². The van der Waals surface area contributed by atoms with E-state index < -0.39 is 0 Å². The molecule has 0 saturated heterocycles. The van der Waals surface area contributed by atoms with Crippen molar-refractivity contribution in [3.05, 3.63) is 234 Å². The average molecular weight is 916 g/mol. The standard InChI is InChI=1S/C63H33N9/c1-68-56-34-62(72-58-19-11-9-17-50(58)52-31-44(23-27-60(52)72)48-25-21-40(36-65)29-46(48)38-67)61(32-53(56)63-69-54(41-12-4-2-5-13-41)33-55(70-63)42-14-6-3-7-15-42)71-57-18-10-8-16-49(57)51-30-43(22-26-59(51)71)47-24-20-39(35-64)28-45(47)37-66/h2-34H. The molecule has 3 heterocycles. The predicted molar refractivity (Wildman–Crippen MR) is 283 cm³/mol. The minimum absolute atomic E-state index is 0.352. The number of para-hydroxylation sites is 2. The van der Waals surface area contributed by atoms with Crippen LogP contribution in [0.5, 0.6) is 0 Å². The molecule has 0 saturated carbocycles. The largest absolute Gasteiger partial charge is 0.308 e. The third-order valence-corrected chi connectivity index (χ3v) is 13.3. The zero-order chi connectivity index (χ0) is 48.9. The molecule has 0 spiro atoms. The number of nitriles is 4. The summed E-state index contributed by atoms with van der Waals surface area (Å²) in [5.41, 5.74) is 13.9. The summed E-state index contributed by atoms with van der Waals surface area (Å²) in [6.07, 6.45) is 0. The van der Waals surface area contributed by atoms with Gasteiger partial charge in [-0.1, -0.05) is 121 Å². The molecule has 330 valence electrons. The van der Waals surface area contributed by atoms with Crippen molar-refractivity contribution in [3.8, 4) is 91.8 Å². The van der Waals surface area contributed by atoms with Gasteiger partial charge in [-0.05, 0) is 101 Å². The molecule has 0 aliphatic rings. The molecule has 9 heteroatoms. The van der Waals surface area contributed by atoms with Gasteiger partial charge >= 0.3 is 0 Å². The van der Waals surface area contributed by atoms with Crippen LogP contribution in [0.2, 0.25) is 0 Å². The number of nitrogens with zero attached hydrogens (tertiary/aromatic N) is 9. The van der Waals surface area contributed by atoms with Crippen molar-refractivity contribution in [3.63, 3.8) is 0 Å². The minimum atomic E-state index is 0.352. The van der Waals surface area contributed by atoms with E-state index in [2.05, 4.69) is 86.8 Å². The Kier molecular flexibility index (Phi) is 10.2. The maximum atomic E-state index is 10.2. The van der Waals surface area contributed by atoms with Crippen molar-refractivity contribution in [2.24, 2.45) is 0 Å². The molecule has 72 heavy (non-hydrogen) atoms. The molecule has 12 rings (SSSR count). The van der Waals surface area contributed by atoms with Gasteiger partial charge < -0.3 is 9.13 Å². The van der Waals surface area contributed by atoms with Gasteiger partial charge in [0, 0.05) is 38.2 Å². The molecule has 0 bridgehead atoms. The van der Waals surface area contributed by atoms with E-state index in [0.29, 0.717) is 50.7 Å². The van der Waals surface area contributed by atoms with E-state index in [1.165, 1.54) is 0 Å². The summed E-state index contributed by atoms with van der Waals surface area (Å²) in [6, 6.07) is 73.9. The molecule has 0 atom stereocenters. The number of aromatic nitrogens is 4. The van der Waals surface area contributed by atoms with Gasteiger partial charge in [0.1, 0.15) is 5.82 Å². The summed E-state index contributed by atoms with van der Waals surface area (Å²) in [5.74, 6) is 0.393. The highest BCUT2D eigenvalue weighted by atomic mass is 15.1. The third-order valence-electron chi connectivity index (χ3n) is 13.3. The highest BCUT2D eigenvalue weighted by molar-refractivity contribution is 6.13. The molecule has 0 radical (unpaired) electrons. The summed E-state index contributed by atoms with van der Waals surface area (Å²) in [7, 11) is 0. The van der Waals surface area contributed by atoms with E-state index in [1.54, 1.807) is 24.3 Å². The van der Waals surface area contributed by atoms with Gasteiger partial charge in [0.25, 0.3) is 0 Å². The highest BCUT2D eigenvalue weighted by Crippen LogP contribution is 2.45. The molecule has 12 aromatic rings. The Balaban J connectivity index is 1.18. The Morgan fingerprint density at radius 3 is 1.28 bits per heavy atom. The van der Waals surface area contributed by atoms with E-state index in [0.717, 1.165) is 88.4 Å². The molecule has 0 amide bonds. The fraction of sp³-hybridized carbons (Fsp3) is 0. The van der Waals surface area contributed by atoms with E-state index in [9.17, 15) is 21.0 Å². The molecule has 3 aromatic heterocycles. The second-order valence-corrected chi connectivity index (χ2v) is 17.3. The molecule has 0 fully saturated rings. The van der Waals surface area contributed by atoms with Crippen LogP contribution in [0.4, 0.5) is 5.69 Å². The van der Waals surface area contributed by atoms with Crippen LogP contribution in [0.15, 0.2) is 200 Å². The molecule has 0 aliphatic carbocycles. The van der Waals surface area contributed by atoms with Crippen molar-refractivity contribution in [2.45, 2.75) is 0 Å². The molecular weight excluding hydrogens is 883 g/mol. The van der Waals surface area contributed by atoms with Gasteiger partial charge in [0.15, 0.2) is 5.69 Å². The fourth-order valence-corrected chi connectivity index (χ4v) is 9.99. The van der Waals surface area contributed by atoms with E-state index in [4.69, 9.17) is 16.5 Å². The van der Waals surface area contributed by atoms with Crippen molar-refractivity contribution in [1.82, 2.24) is 19.1 Å². The smallest absolute Gasteiger partial charge is 0.200 e. The second kappa shape index (κ2) is 17.3. The first-order chi connectivity index (χ1) is 35.5. The van der Waals surface area contributed by atoms with Gasteiger partial charge in [0.2, 0.25) is 0 Å². The maximum absolute atomic E-state index is 10.2. The zero-order valence-corrected chi connectivity index (χ0v) is 38.1. The Morgan fingerprint density at radius 2 is 0.819 bits per heavy atom. The van der Waals surface area contributed by atoms with Crippen LogP contribution in [0.25, 0.3) is 116 Å². The van der Waals surface area contributed by atoms with Crippen molar-refractivity contribution in [2.75, 3.05) is 0 Å². The summed E-state index contributed by atoms with van der Waals surface area (Å²) in [6.45, 7) is 8.85. The first-order valence-electron chi connectivity index (χ1n) is 23.0. The normalized spacial score (nSPS) is 11.0. The average Bonchev–Trinajstić information content (AvgIpc) is 3.96. The van der Waals surface area contributed by atoms with Crippen molar-refractivity contribution < 1.29 is 0 Å². The Bertz CT molecular complexity index is 4390. The van der Waals surface area contributed by atoms with Crippen LogP contribution in [0.1, 0.15) is 22.3 Å². The highest BCUT2D eigenvalue weighted by Gasteiger charge is 2.25. The molecule has 0 aliphatic heterocycles. The van der Waals surface area contributed by atoms with Gasteiger partial charge in [0.05, 0.1) is 97.9 Å². The van der Waals surface area contributed by atoms with Gasteiger partial charge in [-0.3, -0.25) is 0 Å². The van der Waals surface area contributed by atoms with Crippen LogP contribution < -0.4 is 0 Å². The SMILES string of the molecule is [C-]#[N+]c1cc(-n2c3ccccc3c3cc(-c4ccc(C#N)cc4C#N)ccc32)c(-n2c3ccccc3c3cc(-c4ccc(C#N)cc4C#N)ccc32)cc1-c1nc(-c2ccccc2)cc(-c2ccccc2)n1. The number of fused-ring (bicyclic) bond motifs is 6. The number of hydrogen-bond donors (Lipinski definition) is 0. The molecule has 9 aromatic carbocycles. The fourth-order valence-electron chi connectivity index (χ4n) is 9.99. The summed E-state index contributed by atoms with van der Waals surface area (Å²) < 4.78 is 4.43. The Hall–Kier alpha value is -10.9.